The van der Waals surface area contributed by atoms with Gasteiger partial charge in [-0.2, -0.15) is 17.9 Å². The molecule has 0 bridgehead atoms. The molecule has 0 radical (unpaired) electrons. The average Bonchev–Trinajstić information content (AvgIpc) is 3.24. The standard InChI is InChI=1S/C19H22N4S/c1-4-19(3,24)11-22-18-13(2)7-14-8-15(9-16(14)18)17(10-20)23-6-5-21-12-23/h4-6,11-12,14,16,24H,1,7-9H2,2-3H3/b17-15+,22-11?. The van der Waals surface area contributed by atoms with E-state index in [2.05, 4.69) is 37.2 Å². The Balaban J connectivity index is 1.87. The summed E-state index contributed by atoms with van der Waals surface area (Å²) in [5.74, 6) is 0.950. The molecule has 3 unspecified atom stereocenters. The lowest BCUT2D eigenvalue weighted by atomic mass is 9.98. The summed E-state index contributed by atoms with van der Waals surface area (Å²) < 4.78 is 1.41. The van der Waals surface area contributed by atoms with Gasteiger partial charge in [0.25, 0.3) is 0 Å². The van der Waals surface area contributed by atoms with E-state index >= 15 is 0 Å². The number of nitriles is 1. The smallest absolute Gasteiger partial charge is 0.124 e. The Bertz CT molecular complexity index is 775. The lowest BCUT2D eigenvalue weighted by molar-refractivity contribution is 0.476. The molecule has 124 valence electrons. The number of aromatic nitrogens is 2. The molecule has 1 aromatic rings. The lowest BCUT2D eigenvalue weighted by Gasteiger charge is -2.14. The number of allylic oxidation sites excluding steroid dienone is 4. The molecule has 3 atom stereocenters. The first-order valence-electron chi connectivity index (χ1n) is 8.16. The topological polar surface area (TPSA) is 54.0 Å². The van der Waals surface area contributed by atoms with Crippen LogP contribution in [0.5, 0.6) is 0 Å². The highest BCUT2D eigenvalue weighted by Crippen LogP contribution is 2.51. The molecular weight excluding hydrogens is 316 g/mol. The van der Waals surface area contributed by atoms with E-state index < -0.39 is 4.75 Å². The normalized spacial score (nSPS) is 27.9. The van der Waals surface area contributed by atoms with Crippen molar-refractivity contribution in [2.24, 2.45) is 16.8 Å². The van der Waals surface area contributed by atoms with Gasteiger partial charge in [0.05, 0.1) is 11.1 Å². The Morgan fingerprint density at radius 1 is 1.54 bits per heavy atom. The third kappa shape index (κ3) is 3.11. The van der Waals surface area contributed by atoms with E-state index in [-0.39, 0.29) is 0 Å². The summed E-state index contributed by atoms with van der Waals surface area (Å²) in [6.07, 6.45) is 11.8. The third-order valence-corrected chi connectivity index (χ3v) is 5.28. The number of aliphatic imine (C=N–C) groups is 1. The van der Waals surface area contributed by atoms with Crippen molar-refractivity contribution in [1.82, 2.24) is 9.55 Å². The van der Waals surface area contributed by atoms with Gasteiger partial charge in [-0.05, 0) is 44.6 Å². The summed E-state index contributed by atoms with van der Waals surface area (Å²) in [4.78, 5) is 8.81. The number of rotatable bonds is 4. The highest BCUT2D eigenvalue weighted by Gasteiger charge is 2.40. The van der Waals surface area contributed by atoms with E-state index in [1.807, 2.05) is 23.9 Å². The predicted octanol–water partition coefficient (Wildman–Crippen LogP) is 4.27. The minimum absolute atomic E-state index is 0.400. The second kappa shape index (κ2) is 6.45. The molecule has 0 spiro atoms. The first kappa shape index (κ1) is 16.8. The second-order valence-corrected chi connectivity index (χ2v) is 7.83. The van der Waals surface area contributed by atoms with E-state index in [1.165, 1.54) is 16.8 Å². The number of hydrogen-bond acceptors (Lipinski definition) is 4. The average molecular weight is 338 g/mol. The van der Waals surface area contributed by atoms with Crippen LogP contribution in [-0.4, -0.2) is 20.5 Å². The van der Waals surface area contributed by atoms with Crippen molar-refractivity contribution in [1.29, 1.82) is 5.26 Å². The molecule has 0 aliphatic heterocycles. The largest absolute Gasteiger partial charge is 0.297 e. The Hall–Kier alpha value is -2.06. The van der Waals surface area contributed by atoms with Crippen molar-refractivity contribution in [2.75, 3.05) is 0 Å². The molecule has 2 aliphatic carbocycles. The monoisotopic (exact) mass is 338 g/mol. The summed E-state index contributed by atoms with van der Waals surface area (Å²) in [6, 6.07) is 2.35. The Labute approximate surface area is 148 Å². The van der Waals surface area contributed by atoms with Gasteiger partial charge in [-0.3, -0.25) is 9.56 Å². The molecule has 3 rings (SSSR count). The highest BCUT2D eigenvalue weighted by atomic mass is 32.1. The van der Waals surface area contributed by atoms with E-state index in [4.69, 9.17) is 4.99 Å². The molecule has 0 saturated heterocycles. The molecule has 1 aromatic heterocycles. The van der Waals surface area contributed by atoms with Gasteiger partial charge in [-0.1, -0.05) is 11.6 Å². The van der Waals surface area contributed by atoms with Crippen LogP contribution in [0.15, 0.2) is 53.2 Å². The zero-order valence-electron chi connectivity index (χ0n) is 14.1. The van der Waals surface area contributed by atoms with Crippen LogP contribution in [0, 0.1) is 23.2 Å². The number of hydrogen-bond donors (Lipinski definition) is 1. The van der Waals surface area contributed by atoms with Gasteiger partial charge in [0, 0.05) is 30.2 Å². The van der Waals surface area contributed by atoms with E-state index in [0.29, 0.717) is 17.5 Å². The van der Waals surface area contributed by atoms with Crippen molar-refractivity contribution in [2.45, 2.75) is 37.9 Å². The van der Waals surface area contributed by atoms with Crippen LogP contribution in [0.2, 0.25) is 0 Å². The lowest BCUT2D eigenvalue weighted by Crippen LogP contribution is -2.14. The Morgan fingerprint density at radius 2 is 2.33 bits per heavy atom. The molecule has 0 amide bonds. The van der Waals surface area contributed by atoms with E-state index in [0.717, 1.165) is 19.3 Å². The molecule has 1 heterocycles. The molecule has 5 heteroatoms. The molecule has 4 nitrogen and oxygen atoms in total. The third-order valence-electron chi connectivity index (χ3n) is 4.98. The summed E-state index contributed by atoms with van der Waals surface area (Å²) in [6.45, 7) is 7.94. The fraction of sp³-hybridized carbons (Fsp3) is 0.421. The van der Waals surface area contributed by atoms with Crippen LogP contribution in [0.25, 0.3) is 5.70 Å². The summed E-state index contributed by atoms with van der Waals surface area (Å²) >= 11 is 4.54. The fourth-order valence-electron chi connectivity index (χ4n) is 3.69. The maximum atomic E-state index is 9.56. The van der Waals surface area contributed by atoms with Crippen LogP contribution in [0.3, 0.4) is 0 Å². The molecule has 24 heavy (non-hydrogen) atoms. The molecule has 1 saturated carbocycles. The van der Waals surface area contributed by atoms with Gasteiger partial charge >= 0.3 is 0 Å². The van der Waals surface area contributed by atoms with Crippen LogP contribution in [0.1, 0.15) is 33.1 Å². The summed E-state index contributed by atoms with van der Waals surface area (Å²) in [7, 11) is 0. The molecule has 0 N–H and O–H groups in total. The summed E-state index contributed by atoms with van der Waals surface area (Å²) in [5.41, 5.74) is 4.45. The quantitative estimate of drug-likeness (QED) is 0.386. The zero-order valence-corrected chi connectivity index (χ0v) is 15.0. The van der Waals surface area contributed by atoms with Gasteiger partial charge in [-0.15, -0.1) is 6.58 Å². The minimum Gasteiger partial charge on any atom is -0.297 e. The SMILES string of the molecule is C=CC(C)(S)C=NC1=C(C)CC2C/C(=C(/C#N)n3ccnc3)CC12. The van der Waals surface area contributed by atoms with Crippen molar-refractivity contribution in [3.8, 4) is 6.07 Å². The van der Waals surface area contributed by atoms with Crippen LogP contribution in [0.4, 0.5) is 0 Å². The molecule has 1 fully saturated rings. The van der Waals surface area contributed by atoms with Crippen molar-refractivity contribution < 1.29 is 0 Å². The van der Waals surface area contributed by atoms with Crippen LogP contribution in [-0.2, 0) is 0 Å². The maximum Gasteiger partial charge on any atom is 0.124 e. The first-order chi connectivity index (χ1) is 11.4. The number of nitrogens with zero attached hydrogens (tertiary/aromatic N) is 4. The molecule has 2 aliphatic rings. The van der Waals surface area contributed by atoms with Crippen molar-refractivity contribution in [3.63, 3.8) is 0 Å². The number of thiol groups is 1. The van der Waals surface area contributed by atoms with Gasteiger partial charge in [0.2, 0.25) is 0 Å². The minimum atomic E-state index is -0.405. The number of fused-ring (bicyclic) bond motifs is 1. The van der Waals surface area contributed by atoms with Gasteiger partial charge in [0.1, 0.15) is 11.8 Å². The first-order valence-corrected chi connectivity index (χ1v) is 8.61. The summed E-state index contributed by atoms with van der Waals surface area (Å²) in [5, 5.41) is 9.56. The maximum absolute atomic E-state index is 9.56. The Kier molecular flexibility index (Phi) is 4.51. The van der Waals surface area contributed by atoms with Gasteiger partial charge in [0.15, 0.2) is 0 Å². The van der Waals surface area contributed by atoms with E-state index in [1.54, 1.807) is 18.6 Å². The van der Waals surface area contributed by atoms with Crippen molar-refractivity contribution >= 4 is 24.5 Å². The fourth-order valence-corrected chi connectivity index (χ4v) is 3.74. The second-order valence-electron chi connectivity index (χ2n) is 6.87. The Morgan fingerprint density at radius 3 is 2.96 bits per heavy atom. The number of imidazole rings is 1. The molecule has 0 aromatic carbocycles. The highest BCUT2D eigenvalue weighted by molar-refractivity contribution is 7.82. The zero-order chi connectivity index (χ0) is 17.3. The van der Waals surface area contributed by atoms with Crippen molar-refractivity contribution in [3.05, 3.63) is 48.2 Å². The predicted molar refractivity (Wildman–Crippen MR) is 101 cm³/mol. The van der Waals surface area contributed by atoms with Crippen LogP contribution < -0.4 is 0 Å². The van der Waals surface area contributed by atoms with Gasteiger partial charge in [-0.25, -0.2) is 4.98 Å². The van der Waals surface area contributed by atoms with Gasteiger partial charge < -0.3 is 0 Å². The van der Waals surface area contributed by atoms with E-state index in [9.17, 15) is 5.26 Å². The van der Waals surface area contributed by atoms with Crippen LogP contribution >= 0.6 is 12.6 Å². The molecular formula is C19H22N4S.